The number of fused-ring (bicyclic) bond motifs is 1. The van der Waals surface area contributed by atoms with E-state index in [-0.39, 0.29) is 41.1 Å². The Labute approximate surface area is 178 Å². The first-order chi connectivity index (χ1) is 14.6. The lowest BCUT2D eigenvalue weighted by Crippen LogP contribution is -2.61. The number of para-hydroxylation sites is 1. The Hall–Kier alpha value is -2.28. The van der Waals surface area contributed by atoms with Crippen LogP contribution in [-0.2, 0) is 6.54 Å². The third-order valence-corrected chi connectivity index (χ3v) is 7.21. The smallest absolute Gasteiger partial charge is 0.274 e. The molecule has 0 amide bonds. The Balaban J connectivity index is 1.75. The molecule has 5 atom stereocenters. The van der Waals surface area contributed by atoms with Gasteiger partial charge < -0.3 is 10.0 Å². The van der Waals surface area contributed by atoms with E-state index in [1.54, 1.807) is 12.1 Å². The third kappa shape index (κ3) is 3.53. The molecule has 2 aromatic rings. The molecule has 1 N–H and O–H groups in total. The van der Waals surface area contributed by atoms with Gasteiger partial charge in [-0.2, -0.15) is 0 Å². The molecule has 0 spiro atoms. The van der Waals surface area contributed by atoms with Crippen LogP contribution < -0.4 is 0 Å². The zero-order valence-corrected chi connectivity index (χ0v) is 17.7. The van der Waals surface area contributed by atoms with Gasteiger partial charge in [0.1, 0.15) is 0 Å². The second kappa shape index (κ2) is 8.84. The predicted octanol–water partition coefficient (Wildman–Crippen LogP) is 3.72. The van der Waals surface area contributed by atoms with Crippen LogP contribution in [0.2, 0.25) is 0 Å². The zero-order chi connectivity index (χ0) is 21.3. The van der Waals surface area contributed by atoms with Gasteiger partial charge in [-0.15, -0.1) is 0 Å². The highest BCUT2D eigenvalue weighted by Crippen LogP contribution is 2.58. The van der Waals surface area contributed by atoms with Crippen molar-refractivity contribution in [2.24, 2.45) is 17.8 Å². The van der Waals surface area contributed by atoms with Crippen molar-refractivity contribution in [1.29, 1.82) is 0 Å². The Morgan fingerprint density at radius 2 is 1.77 bits per heavy atom. The first-order valence-corrected chi connectivity index (χ1v) is 11.0. The molecule has 2 aliphatic rings. The summed E-state index contributed by atoms with van der Waals surface area (Å²) >= 11 is 0. The number of nitro benzene ring substituents is 1. The van der Waals surface area contributed by atoms with E-state index in [4.69, 9.17) is 0 Å². The quantitative estimate of drug-likeness (QED) is 0.532. The maximum absolute atomic E-state index is 11.8. The summed E-state index contributed by atoms with van der Waals surface area (Å²) in [6.45, 7) is 7.94. The zero-order valence-electron chi connectivity index (χ0n) is 17.7. The molecule has 1 aliphatic carbocycles. The number of aliphatic hydroxyl groups is 1. The topological polar surface area (TPSA) is 69.9 Å². The molecule has 6 heteroatoms. The minimum absolute atomic E-state index is 0.0230. The molecule has 1 heterocycles. The van der Waals surface area contributed by atoms with Gasteiger partial charge in [0.2, 0.25) is 0 Å². The molecule has 1 aliphatic heterocycles. The van der Waals surface area contributed by atoms with Crippen molar-refractivity contribution in [2.45, 2.75) is 32.5 Å². The van der Waals surface area contributed by atoms with Crippen molar-refractivity contribution in [3.05, 3.63) is 75.8 Å². The van der Waals surface area contributed by atoms with Gasteiger partial charge in [-0.25, -0.2) is 0 Å². The fourth-order valence-corrected chi connectivity index (χ4v) is 5.93. The van der Waals surface area contributed by atoms with Crippen LogP contribution in [0.5, 0.6) is 0 Å². The van der Waals surface area contributed by atoms with Crippen molar-refractivity contribution in [2.75, 3.05) is 26.2 Å². The first kappa shape index (κ1) is 21.0. The van der Waals surface area contributed by atoms with Crippen molar-refractivity contribution in [3.63, 3.8) is 0 Å². The Morgan fingerprint density at radius 3 is 2.40 bits per heavy atom. The lowest BCUT2D eigenvalue weighted by atomic mass is 9.59. The van der Waals surface area contributed by atoms with E-state index in [1.807, 2.05) is 30.3 Å². The largest absolute Gasteiger partial charge is 0.396 e. The Bertz CT molecular complexity index is 871. The van der Waals surface area contributed by atoms with Gasteiger partial charge in [0.25, 0.3) is 5.69 Å². The Kier molecular flexibility index (Phi) is 6.18. The molecule has 1 saturated carbocycles. The predicted molar refractivity (Wildman–Crippen MR) is 117 cm³/mol. The van der Waals surface area contributed by atoms with Crippen molar-refractivity contribution in [3.8, 4) is 0 Å². The van der Waals surface area contributed by atoms with E-state index in [0.717, 1.165) is 31.7 Å². The summed E-state index contributed by atoms with van der Waals surface area (Å²) < 4.78 is 0. The molecule has 0 radical (unpaired) electrons. The van der Waals surface area contributed by atoms with E-state index in [0.29, 0.717) is 5.92 Å². The van der Waals surface area contributed by atoms with Crippen LogP contribution in [0.15, 0.2) is 54.6 Å². The highest BCUT2D eigenvalue weighted by atomic mass is 16.6. The SMILES string of the molecule is CCN(CC)C1[C@@H]2[C@@H](CN(Cc3ccccc3)[C@H]2c2ccccc2[N+](=O)[O-])[C@H]1CO. The second-order valence-electron chi connectivity index (χ2n) is 8.48. The van der Waals surface area contributed by atoms with Crippen molar-refractivity contribution in [1.82, 2.24) is 9.80 Å². The van der Waals surface area contributed by atoms with Crippen molar-refractivity contribution >= 4 is 5.69 Å². The van der Waals surface area contributed by atoms with Crippen LogP contribution in [0, 0.1) is 27.9 Å². The molecular weight excluding hydrogens is 378 g/mol. The van der Waals surface area contributed by atoms with E-state index in [2.05, 4.69) is 35.8 Å². The average molecular weight is 410 g/mol. The molecule has 1 unspecified atom stereocenters. The van der Waals surface area contributed by atoms with E-state index >= 15 is 0 Å². The molecule has 0 bridgehead atoms. The molecule has 1 saturated heterocycles. The van der Waals surface area contributed by atoms with Gasteiger partial charge in [0.05, 0.1) is 4.92 Å². The lowest BCUT2D eigenvalue weighted by Gasteiger charge is -2.54. The standard InChI is InChI=1S/C24H31N3O3/c1-3-25(4-2)24-20(16-28)19-15-26(14-17-10-6-5-7-11-17)23(22(19)24)18-12-8-9-13-21(18)27(29)30/h5-13,19-20,22-24,28H,3-4,14-16H2,1-2H3/t19-,20+,22+,23-,24?/m0/s1. The fraction of sp³-hybridized carbons (Fsp3) is 0.500. The van der Waals surface area contributed by atoms with Gasteiger partial charge in [0, 0.05) is 49.3 Å². The number of benzene rings is 2. The number of likely N-dealkylation sites (tertiary alicyclic amines) is 1. The molecule has 160 valence electrons. The number of rotatable bonds is 8. The van der Waals surface area contributed by atoms with Crippen LogP contribution in [0.25, 0.3) is 0 Å². The summed E-state index contributed by atoms with van der Waals surface area (Å²) in [5.41, 5.74) is 2.22. The number of hydrogen-bond donors (Lipinski definition) is 1. The van der Waals surface area contributed by atoms with Crippen LogP contribution in [0.1, 0.15) is 31.0 Å². The minimum atomic E-state index is -0.252. The summed E-state index contributed by atoms with van der Waals surface area (Å²) in [4.78, 5) is 16.4. The Morgan fingerprint density at radius 1 is 1.10 bits per heavy atom. The third-order valence-electron chi connectivity index (χ3n) is 7.21. The lowest BCUT2D eigenvalue weighted by molar-refractivity contribution is -0.386. The molecule has 2 aromatic carbocycles. The number of hydrogen-bond acceptors (Lipinski definition) is 5. The average Bonchev–Trinajstić information content (AvgIpc) is 3.06. The van der Waals surface area contributed by atoms with Gasteiger partial charge in [0.15, 0.2) is 0 Å². The summed E-state index contributed by atoms with van der Waals surface area (Å²) in [5.74, 6) is 0.863. The molecule has 2 fully saturated rings. The van der Waals surface area contributed by atoms with Gasteiger partial charge >= 0.3 is 0 Å². The van der Waals surface area contributed by atoms with E-state index < -0.39 is 0 Å². The van der Waals surface area contributed by atoms with Crippen LogP contribution >= 0.6 is 0 Å². The fourth-order valence-electron chi connectivity index (χ4n) is 5.93. The first-order valence-electron chi connectivity index (χ1n) is 11.0. The maximum atomic E-state index is 11.8. The summed E-state index contributed by atoms with van der Waals surface area (Å²) in [5, 5.41) is 22.0. The molecule has 0 aromatic heterocycles. The normalized spacial score (nSPS) is 28.3. The van der Waals surface area contributed by atoms with E-state index in [1.165, 1.54) is 5.56 Å². The van der Waals surface area contributed by atoms with Gasteiger partial charge in [-0.1, -0.05) is 62.4 Å². The van der Waals surface area contributed by atoms with Crippen LogP contribution in [0.3, 0.4) is 0 Å². The monoisotopic (exact) mass is 409 g/mol. The molecule has 4 rings (SSSR count). The summed E-state index contributed by atoms with van der Waals surface area (Å²) in [7, 11) is 0. The minimum Gasteiger partial charge on any atom is -0.396 e. The van der Waals surface area contributed by atoms with E-state index in [9.17, 15) is 15.2 Å². The maximum Gasteiger partial charge on any atom is 0.274 e. The molecular formula is C24H31N3O3. The highest BCUT2D eigenvalue weighted by molar-refractivity contribution is 5.44. The summed E-state index contributed by atoms with van der Waals surface area (Å²) in [6.07, 6.45) is 0. The molecule has 6 nitrogen and oxygen atoms in total. The second-order valence-corrected chi connectivity index (χ2v) is 8.48. The molecule has 30 heavy (non-hydrogen) atoms. The van der Waals surface area contributed by atoms with Crippen LogP contribution in [-0.4, -0.2) is 52.1 Å². The van der Waals surface area contributed by atoms with Crippen molar-refractivity contribution < 1.29 is 10.0 Å². The van der Waals surface area contributed by atoms with Crippen LogP contribution in [0.4, 0.5) is 5.69 Å². The number of aliphatic hydroxyl groups excluding tert-OH is 1. The number of nitrogens with zero attached hydrogens (tertiary/aromatic N) is 3. The highest BCUT2D eigenvalue weighted by Gasteiger charge is 2.61. The number of nitro groups is 1. The van der Waals surface area contributed by atoms with Gasteiger partial charge in [-0.3, -0.25) is 15.0 Å². The summed E-state index contributed by atoms with van der Waals surface area (Å²) in [6, 6.07) is 17.7. The van der Waals surface area contributed by atoms with Gasteiger partial charge in [-0.05, 0) is 30.5 Å².